The fourth-order valence-electron chi connectivity index (χ4n) is 6.60. The number of anilines is 1. The number of aromatic nitrogens is 1. The molecule has 5 heteroatoms. The zero-order valence-corrected chi connectivity index (χ0v) is 18.3. The van der Waals surface area contributed by atoms with Gasteiger partial charge in [-0.1, -0.05) is 24.1 Å². The van der Waals surface area contributed by atoms with E-state index in [4.69, 9.17) is 12.2 Å². The van der Waals surface area contributed by atoms with Crippen molar-refractivity contribution >= 4 is 33.9 Å². The maximum atomic E-state index is 6.00. The molecule has 0 saturated carbocycles. The molecule has 1 aliphatic carbocycles. The molecule has 1 aromatic heterocycles. The molecule has 4 heterocycles. The van der Waals surface area contributed by atoms with Gasteiger partial charge in [0.15, 0.2) is 5.11 Å². The molecule has 3 saturated heterocycles. The number of likely N-dealkylation sites (tertiary alicyclic amines) is 1. The van der Waals surface area contributed by atoms with Crippen LogP contribution in [0.5, 0.6) is 0 Å². The molecule has 0 radical (unpaired) electrons. The molecule has 0 unspecified atom stereocenters. The molecule has 4 aliphatic rings. The fourth-order valence-corrected chi connectivity index (χ4v) is 6.92. The lowest BCUT2D eigenvalue weighted by molar-refractivity contribution is 0.0132. The summed E-state index contributed by atoms with van der Waals surface area (Å²) in [4.78, 5) is 9.80. The maximum Gasteiger partial charge on any atom is 0.173 e. The van der Waals surface area contributed by atoms with Gasteiger partial charge in [0.25, 0.3) is 0 Å². The van der Waals surface area contributed by atoms with Crippen LogP contribution in [0.15, 0.2) is 48.2 Å². The van der Waals surface area contributed by atoms with Crippen LogP contribution in [0.4, 0.5) is 5.69 Å². The van der Waals surface area contributed by atoms with E-state index in [1.54, 1.807) is 5.57 Å². The molecule has 0 amide bonds. The van der Waals surface area contributed by atoms with Gasteiger partial charge in [0.05, 0.1) is 11.6 Å². The number of pyridine rings is 1. The second-order valence-corrected chi connectivity index (χ2v) is 9.89. The Morgan fingerprint density at radius 3 is 3.03 bits per heavy atom. The molecular formula is C25H30N4S. The molecule has 6 rings (SSSR count). The first kappa shape index (κ1) is 18.8. The predicted molar refractivity (Wildman–Crippen MR) is 127 cm³/mol. The van der Waals surface area contributed by atoms with Crippen LogP contribution in [-0.2, 0) is 0 Å². The van der Waals surface area contributed by atoms with Gasteiger partial charge in [-0.15, -0.1) is 0 Å². The Hall–Kier alpha value is -1.98. The van der Waals surface area contributed by atoms with Crippen LogP contribution in [0.3, 0.4) is 0 Å². The Bertz CT molecular complexity index is 996. The summed E-state index contributed by atoms with van der Waals surface area (Å²) in [7, 11) is 0. The lowest BCUT2D eigenvalue weighted by Crippen LogP contribution is -2.60. The summed E-state index contributed by atoms with van der Waals surface area (Å²) in [5.41, 5.74) is 3.74. The number of nitrogens with one attached hydrogen (secondary N) is 1. The first-order chi connectivity index (χ1) is 14.8. The fraction of sp³-hybridized carbons (Fsp3) is 0.520. The molecule has 0 spiro atoms. The second-order valence-electron chi connectivity index (χ2n) is 9.51. The maximum absolute atomic E-state index is 6.00. The highest BCUT2D eigenvalue weighted by Crippen LogP contribution is 2.45. The molecule has 3 aliphatic heterocycles. The summed E-state index contributed by atoms with van der Waals surface area (Å²) in [5, 5.41) is 5.60. The molecule has 1 N–H and O–H groups in total. The van der Waals surface area contributed by atoms with E-state index in [9.17, 15) is 0 Å². The molecular weight excluding hydrogens is 388 g/mol. The van der Waals surface area contributed by atoms with Crippen molar-refractivity contribution in [3.63, 3.8) is 0 Å². The van der Waals surface area contributed by atoms with Crippen molar-refractivity contribution in [3.8, 4) is 0 Å². The Balaban J connectivity index is 1.28. The van der Waals surface area contributed by atoms with Crippen LogP contribution >= 0.6 is 12.2 Å². The van der Waals surface area contributed by atoms with Crippen LogP contribution in [0.1, 0.15) is 38.5 Å². The summed E-state index contributed by atoms with van der Waals surface area (Å²) >= 11 is 6.00. The third kappa shape index (κ3) is 3.14. The minimum atomic E-state index is 0.478. The Labute approximate surface area is 184 Å². The van der Waals surface area contributed by atoms with Crippen molar-refractivity contribution < 1.29 is 0 Å². The van der Waals surface area contributed by atoms with Crippen molar-refractivity contribution in [2.75, 3.05) is 25.0 Å². The second kappa shape index (κ2) is 7.61. The smallest absolute Gasteiger partial charge is 0.173 e. The largest absolute Gasteiger partial charge is 0.342 e. The molecule has 156 valence electrons. The molecule has 2 bridgehead atoms. The Morgan fingerprint density at radius 1 is 1.10 bits per heavy atom. The highest BCUT2D eigenvalue weighted by Gasteiger charge is 2.46. The van der Waals surface area contributed by atoms with E-state index in [1.807, 2.05) is 12.3 Å². The first-order valence-corrected chi connectivity index (χ1v) is 12.0. The van der Waals surface area contributed by atoms with Crippen molar-refractivity contribution in [2.24, 2.45) is 11.8 Å². The highest BCUT2D eigenvalue weighted by atomic mass is 32.1. The van der Waals surface area contributed by atoms with Crippen LogP contribution in [-0.4, -0.2) is 51.6 Å². The van der Waals surface area contributed by atoms with Crippen molar-refractivity contribution in [1.82, 2.24) is 14.8 Å². The zero-order chi connectivity index (χ0) is 20.1. The zero-order valence-electron chi connectivity index (χ0n) is 17.5. The number of hydrogen-bond donors (Lipinski definition) is 1. The third-order valence-electron chi connectivity index (χ3n) is 7.81. The number of rotatable bonds is 1. The topological polar surface area (TPSA) is 31.4 Å². The monoisotopic (exact) mass is 418 g/mol. The van der Waals surface area contributed by atoms with Gasteiger partial charge < -0.3 is 10.2 Å². The Morgan fingerprint density at radius 2 is 2.07 bits per heavy atom. The lowest BCUT2D eigenvalue weighted by Gasteiger charge is -2.55. The van der Waals surface area contributed by atoms with Gasteiger partial charge in [-0.25, -0.2) is 0 Å². The minimum Gasteiger partial charge on any atom is -0.342 e. The third-order valence-corrected chi connectivity index (χ3v) is 8.14. The van der Waals surface area contributed by atoms with Crippen LogP contribution in [0, 0.1) is 11.8 Å². The van der Waals surface area contributed by atoms with Gasteiger partial charge in [-0.05, 0) is 87.0 Å². The SMILES string of the molecule is S=C(Nc1cccc2ncccc12)N1CCCC2=C[C@@H]3C[C@@H](CN4CCCC[C@H]34)[C@@H]21. The van der Waals surface area contributed by atoms with E-state index in [0.29, 0.717) is 12.0 Å². The molecule has 1 aromatic carbocycles. The van der Waals surface area contributed by atoms with Gasteiger partial charge in [0.1, 0.15) is 0 Å². The number of fused-ring (bicyclic) bond motifs is 7. The number of nitrogens with zero attached hydrogens (tertiary/aromatic N) is 3. The van der Waals surface area contributed by atoms with E-state index in [0.717, 1.165) is 40.2 Å². The summed E-state index contributed by atoms with van der Waals surface area (Å²) in [6.45, 7) is 3.60. The molecule has 4 atom stereocenters. The first-order valence-electron chi connectivity index (χ1n) is 11.6. The van der Waals surface area contributed by atoms with Crippen molar-refractivity contribution in [1.29, 1.82) is 0 Å². The summed E-state index contributed by atoms with van der Waals surface area (Å²) < 4.78 is 0. The quantitative estimate of drug-likeness (QED) is 0.530. The average molecular weight is 419 g/mol. The van der Waals surface area contributed by atoms with E-state index in [-0.39, 0.29) is 0 Å². The van der Waals surface area contributed by atoms with Gasteiger partial charge >= 0.3 is 0 Å². The molecule has 30 heavy (non-hydrogen) atoms. The van der Waals surface area contributed by atoms with Crippen LogP contribution < -0.4 is 5.32 Å². The number of piperidine rings is 3. The lowest BCUT2D eigenvalue weighted by atomic mass is 9.68. The normalized spacial score (nSPS) is 30.9. The molecule has 2 aromatic rings. The van der Waals surface area contributed by atoms with Crippen LogP contribution in [0.25, 0.3) is 10.9 Å². The van der Waals surface area contributed by atoms with E-state index >= 15 is 0 Å². The van der Waals surface area contributed by atoms with Gasteiger partial charge in [0.2, 0.25) is 0 Å². The van der Waals surface area contributed by atoms with Gasteiger partial charge in [-0.2, -0.15) is 0 Å². The summed E-state index contributed by atoms with van der Waals surface area (Å²) in [5.74, 6) is 1.47. The van der Waals surface area contributed by atoms with E-state index < -0.39 is 0 Å². The number of hydrogen-bond acceptors (Lipinski definition) is 3. The van der Waals surface area contributed by atoms with E-state index in [2.05, 4.69) is 50.4 Å². The number of thiocarbonyl (C=S) groups is 1. The highest BCUT2D eigenvalue weighted by molar-refractivity contribution is 7.80. The summed E-state index contributed by atoms with van der Waals surface area (Å²) in [6.07, 6.45) is 12.5. The standard InChI is InChI=1S/C25H30N4S/c30-25(27-22-9-3-8-21-20(22)7-4-11-26-21)29-13-5-6-17-14-18-15-19(24(17)29)16-28-12-2-1-10-23(18)28/h3-4,7-9,11,14,18-19,23-24H,1-2,5-6,10,12-13,15-16H2,(H,27,30)/t18-,19+,23-,24-/m1/s1. The number of benzene rings is 1. The van der Waals surface area contributed by atoms with Gasteiger partial charge in [-0.3, -0.25) is 9.88 Å². The van der Waals surface area contributed by atoms with Crippen LogP contribution in [0.2, 0.25) is 0 Å². The molecule has 4 nitrogen and oxygen atoms in total. The Kier molecular flexibility index (Phi) is 4.76. The average Bonchev–Trinajstić information content (AvgIpc) is 2.79. The molecule has 3 fully saturated rings. The summed E-state index contributed by atoms with van der Waals surface area (Å²) in [6, 6.07) is 11.6. The van der Waals surface area contributed by atoms with Crippen molar-refractivity contribution in [2.45, 2.75) is 50.6 Å². The van der Waals surface area contributed by atoms with Crippen molar-refractivity contribution in [3.05, 3.63) is 48.2 Å². The van der Waals surface area contributed by atoms with E-state index in [1.165, 1.54) is 51.6 Å². The van der Waals surface area contributed by atoms with Gasteiger partial charge in [0, 0.05) is 36.4 Å². The minimum absolute atomic E-state index is 0.478. The predicted octanol–water partition coefficient (Wildman–Crippen LogP) is 4.83.